The van der Waals surface area contributed by atoms with Crippen LogP contribution in [-0.2, 0) is 32.1 Å². The van der Waals surface area contributed by atoms with Crippen LogP contribution in [0, 0.1) is 6.92 Å². The van der Waals surface area contributed by atoms with Gasteiger partial charge in [-0.15, -0.1) is 0 Å². The molecule has 0 unspecified atom stereocenters. The minimum Gasteiger partial charge on any atom is -0.342 e. The maximum absolute atomic E-state index is 13.7. The van der Waals surface area contributed by atoms with E-state index in [1.807, 2.05) is 50.2 Å². The normalized spacial score (nSPS) is 18.9. The van der Waals surface area contributed by atoms with Gasteiger partial charge >= 0.3 is 0 Å². The average Bonchev–Trinajstić information content (AvgIpc) is 3.48. The number of carbonyl (C=O) groups excluding carboxylic acids is 4. The number of amides is 4. The number of carbonyl (C=O) groups is 4. The predicted octanol–water partition coefficient (Wildman–Crippen LogP) is 2.32. The molecule has 226 valence electrons. The van der Waals surface area contributed by atoms with Gasteiger partial charge in [-0.3, -0.25) is 19.2 Å². The topological polar surface area (TPSA) is 128 Å². The van der Waals surface area contributed by atoms with Gasteiger partial charge in [-0.2, -0.15) is 0 Å². The van der Waals surface area contributed by atoms with E-state index in [4.69, 9.17) is 17.3 Å². The Kier molecular flexibility index (Phi) is 10.6. The van der Waals surface area contributed by atoms with Gasteiger partial charge in [0.1, 0.15) is 12.1 Å². The molecule has 1 saturated heterocycles. The molecule has 42 heavy (non-hydrogen) atoms. The Morgan fingerprint density at radius 2 is 1.79 bits per heavy atom. The zero-order chi connectivity index (χ0) is 30.4. The lowest BCUT2D eigenvalue weighted by Gasteiger charge is -2.37. The van der Waals surface area contributed by atoms with E-state index < -0.39 is 23.9 Å². The molecule has 2 aromatic carbocycles. The van der Waals surface area contributed by atoms with E-state index in [-0.39, 0.29) is 44.2 Å². The van der Waals surface area contributed by atoms with Gasteiger partial charge in [0.25, 0.3) is 0 Å². The van der Waals surface area contributed by atoms with E-state index in [0.29, 0.717) is 36.3 Å². The monoisotopic (exact) mass is 596 g/mol. The van der Waals surface area contributed by atoms with Crippen LogP contribution in [0.25, 0.3) is 0 Å². The molecule has 11 heteroatoms. The highest BCUT2D eigenvalue weighted by Crippen LogP contribution is 2.25. The summed E-state index contributed by atoms with van der Waals surface area (Å²) in [6.45, 7) is 3.61. The summed E-state index contributed by atoms with van der Waals surface area (Å²) in [4.78, 5) is 58.7. The summed E-state index contributed by atoms with van der Waals surface area (Å²) in [6.07, 6.45) is 1.54. The Morgan fingerprint density at radius 1 is 1.07 bits per heavy atom. The lowest BCUT2D eigenvalue weighted by Crippen LogP contribution is -2.56. The van der Waals surface area contributed by atoms with E-state index in [9.17, 15) is 19.2 Å². The standard InChI is InChI=1S/C31H41ClN6O4/c1-20-16-23(8-9-25(20)32)34-30(41)26(12-14-33)35-31(42)27-17-21-6-4-5-7-22(21)18-38(27)29(40)11-10-28(39)37-15-13-24(19-37)36(2)3/h4-9,16,24,26-27H,10-15,17-19,33H2,1-3H3,(H,34,41)(H,35,42)/t24-,26+,27+/m1/s1. The smallest absolute Gasteiger partial charge is 0.246 e. The van der Waals surface area contributed by atoms with Crippen LogP contribution >= 0.6 is 11.6 Å². The van der Waals surface area contributed by atoms with Gasteiger partial charge in [0.05, 0.1) is 0 Å². The summed E-state index contributed by atoms with van der Waals surface area (Å²) in [7, 11) is 4.00. The first-order valence-electron chi connectivity index (χ1n) is 14.4. The molecule has 10 nitrogen and oxygen atoms in total. The molecule has 0 aromatic heterocycles. The second kappa shape index (κ2) is 14.1. The van der Waals surface area contributed by atoms with Crippen molar-refractivity contribution in [3.63, 3.8) is 0 Å². The molecule has 3 atom stereocenters. The van der Waals surface area contributed by atoms with Gasteiger partial charge in [-0.25, -0.2) is 0 Å². The van der Waals surface area contributed by atoms with Crippen molar-refractivity contribution in [3.05, 3.63) is 64.2 Å². The van der Waals surface area contributed by atoms with Crippen molar-refractivity contribution in [2.75, 3.05) is 39.0 Å². The summed E-state index contributed by atoms with van der Waals surface area (Å²) in [6, 6.07) is 11.4. The van der Waals surface area contributed by atoms with Crippen LogP contribution in [0.1, 0.15) is 42.4 Å². The van der Waals surface area contributed by atoms with Crippen LogP contribution < -0.4 is 16.4 Å². The number of hydrogen-bond acceptors (Lipinski definition) is 6. The van der Waals surface area contributed by atoms with E-state index in [1.165, 1.54) is 4.90 Å². The fourth-order valence-corrected chi connectivity index (χ4v) is 5.70. The number of fused-ring (bicyclic) bond motifs is 1. The lowest BCUT2D eigenvalue weighted by atomic mass is 9.92. The van der Waals surface area contributed by atoms with Gasteiger partial charge in [0.2, 0.25) is 23.6 Å². The van der Waals surface area contributed by atoms with Crippen molar-refractivity contribution < 1.29 is 19.2 Å². The first-order chi connectivity index (χ1) is 20.1. The van der Waals surface area contributed by atoms with Gasteiger partial charge in [-0.1, -0.05) is 35.9 Å². The molecular formula is C31H41ClN6O4. The fraction of sp³-hybridized carbons (Fsp3) is 0.484. The molecule has 0 spiro atoms. The number of halogens is 1. The third-order valence-electron chi connectivity index (χ3n) is 8.18. The highest BCUT2D eigenvalue weighted by molar-refractivity contribution is 6.31. The molecular weight excluding hydrogens is 556 g/mol. The summed E-state index contributed by atoms with van der Waals surface area (Å²) < 4.78 is 0. The third kappa shape index (κ3) is 7.67. The largest absolute Gasteiger partial charge is 0.342 e. The molecule has 0 bridgehead atoms. The number of likely N-dealkylation sites (N-methyl/N-ethyl adjacent to an activating group) is 1. The summed E-state index contributed by atoms with van der Waals surface area (Å²) in [5.74, 6) is -1.16. The van der Waals surface area contributed by atoms with E-state index in [2.05, 4.69) is 15.5 Å². The van der Waals surface area contributed by atoms with E-state index in [0.717, 1.165) is 23.1 Å². The van der Waals surface area contributed by atoms with Crippen molar-refractivity contribution in [1.29, 1.82) is 0 Å². The maximum Gasteiger partial charge on any atom is 0.246 e. The van der Waals surface area contributed by atoms with Crippen LogP contribution in [0.2, 0.25) is 5.02 Å². The highest BCUT2D eigenvalue weighted by atomic mass is 35.5. The molecule has 2 aromatic rings. The molecule has 2 heterocycles. The maximum atomic E-state index is 13.7. The summed E-state index contributed by atoms with van der Waals surface area (Å²) in [5, 5.41) is 6.26. The number of likely N-dealkylation sites (tertiary alicyclic amines) is 1. The molecule has 4 amide bonds. The second-order valence-corrected chi connectivity index (χ2v) is 11.8. The molecule has 0 aliphatic carbocycles. The van der Waals surface area contributed by atoms with Crippen molar-refractivity contribution in [1.82, 2.24) is 20.0 Å². The lowest BCUT2D eigenvalue weighted by molar-refractivity contribution is -0.144. The van der Waals surface area contributed by atoms with E-state index >= 15 is 0 Å². The Hall–Kier alpha value is -3.47. The van der Waals surface area contributed by atoms with Crippen LogP contribution in [0.4, 0.5) is 5.69 Å². The molecule has 2 aliphatic rings. The van der Waals surface area contributed by atoms with E-state index in [1.54, 1.807) is 18.2 Å². The first-order valence-corrected chi connectivity index (χ1v) is 14.8. The predicted molar refractivity (Wildman–Crippen MR) is 163 cm³/mol. The number of nitrogens with one attached hydrogen (secondary N) is 2. The highest BCUT2D eigenvalue weighted by Gasteiger charge is 2.36. The quantitative estimate of drug-likeness (QED) is 0.386. The number of aryl methyl sites for hydroxylation is 1. The van der Waals surface area contributed by atoms with Gasteiger partial charge in [0, 0.05) is 55.6 Å². The molecule has 4 rings (SSSR count). The van der Waals surface area contributed by atoms with Gasteiger partial charge in [0.15, 0.2) is 0 Å². The number of rotatable bonds is 10. The van der Waals surface area contributed by atoms with Crippen molar-refractivity contribution in [2.24, 2.45) is 5.73 Å². The zero-order valence-electron chi connectivity index (χ0n) is 24.6. The minimum atomic E-state index is -0.894. The average molecular weight is 597 g/mol. The molecule has 1 fully saturated rings. The van der Waals surface area contributed by atoms with Crippen LogP contribution in [0.3, 0.4) is 0 Å². The number of hydrogen-bond donors (Lipinski definition) is 3. The van der Waals surface area contributed by atoms with Crippen LogP contribution in [0.5, 0.6) is 0 Å². The van der Waals surface area contributed by atoms with Crippen LogP contribution in [0.15, 0.2) is 42.5 Å². The Labute approximate surface area is 252 Å². The van der Waals surface area contributed by atoms with Crippen molar-refractivity contribution in [2.45, 2.75) is 63.7 Å². The Balaban J connectivity index is 1.45. The minimum absolute atomic E-state index is 0.0105. The molecule has 0 saturated carbocycles. The number of benzene rings is 2. The third-order valence-corrected chi connectivity index (χ3v) is 8.61. The van der Waals surface area contributed by atoms with Crippen molar-refractivity contribution in [3.8, 4) is 0 Å². The zero-order valence-corrected chi connectivity index (χ0v) is 25.3. The first kappa shape index (κ1) is 31.5. The Morgan fingerprint density at radius 3 is 2.45 bits per heavy atom. The van der Waals surface area contributed by atoms with Gasteiger partial charge < -0.3 is 31.1 Å². The molecule has 0 radical (unpaired) electrons. The Bertz CT molecular complexity index is 1320. The SMILES string of the molecule is Cc1cc(NC(=O)[C@H](CCN)NC(=O)[C@@H]2Cc3ccccc3CN2C(=O)CCC(=O)N2CC[C@@H](N(C)C)C2)ccc1Cl. The number of anilines is 1. The molecule has 4 N–H and O–H groups in total. The van der Waals surface area contributed by atoms with Crippen LogP contribution in [-0.4, -0.2) is 90.2 Å². The summed E-state index contributed by atoms with van der Waals surface area (Å²) >= 11 is 6.11. The van der Waals surface area contributed by atoms with Gasteiger partial charge in [-0.05, 0) is 75.3 Å². The van der Waals surface area contributed by atoms with Crippen molar-refractivity contribution >= 4 is 40.9 Å². The number of nitrogens with zero attached hydrogens (tertiary/aromatic N) is 3. The fourth-order valence-electron chi connectivity index (χ4n) is 5.58. The molecule has 2 aliphatic heterocycles. The number of nitrogens with two attached hydrogens (primary N) is 1. The summed E-state index contributed by atoms with van der Waals surface area (Å²) in [5.41, 5.74) is 9.09. The second-order valence-electron chi connectivity index (χ2n) is 11.3.